The molecule has 1 saturated carbocycles. The first-order chi connectivity index (χ1) is 15.6. The number of hydrogen-bond acceptors (Lipinski definition) is 5. The third-order valence-corrected chi connectivity index (χ3v) is 6.93. The summed E-state index contributed by atoms with van der Waals surface area (Å²) >= 11 is 0. The predicted molar refractivity (Wildman–Crippen MR) is 123 cm³/mol. The molecule has 2 aromatic rings. The van der Waals surface area contributed by atoms with Crippen LogP contribution < -0.4 is 10.2 Å². The van der Waals surface area contributed by atoms with Crippen LogP contribution in [0.2, 0.25) is 0 Å². The van der Waals surface area contributed by atoms with Gasteiger partial charge in [-0.2, -0.15) is 0 Å². The van der Waals surface area contributed by atoms with Crippen molar-refractivity contribution < 1.29 is 9.18 Å². The van der Waals surface area contributed by atoms with E-state index in [1.54, 1.807) is 18.2 Å². The van der Waals surface area contributed by atoms with E-state index >= 15 is 0 Å². The summed E-state index contributed by atoms with van der Waals surface area (Å²) in [6.45, 7) is 6.20. The summed E-state index contributed by atoms with van der Waals surface area (Å²) < 4.78 is 13.9. The molecule has 2 fully saturated rings. The molecule has 0 radical (unpaired) electrons. The lowest BCUT2D eigenvalue weighted by molar-refractivity contribution is -0.117. The van der Waals surface area contributed by atoms with Crippen molar-refractivity contribution in [2.24, 2.45) is 5.92 Å². The summed E-state index contributed by atoms with van der Waals surface area (Å²) in [4.78, 5) is 27.2. The van der Waals surface area contributed by atoms with Crippen molar-refractivity contribution in [2.75, 3.05) is 42.9 Å². The smallest absolute Gasteiger partial charge is 0.238 e. The number of halogens is 1. The topological polar surface area (TPSA) is 61.4 Å². The molecular weight excluding hydrogens is 405 g/mol. The summed E-state index contributed by atoms with van der Waals surface area (Å²) in [7, 11) is 0. The number of benzene rings is 1. The second-order valence-electron chi connectivity index (χ2n) is 9.56. The number of nitrogens with one attached hydrogen (secondary N) is 1. The van der Waals surface area contributed by atoms with E-state index in [1.807, 2.05) is 0 Å². The van der Waals surface area contributed by atoms with Gasteiger partial charge in [-0.15, -0.1) is 0 Å². The number of rotatable bonds is 6. The molecule has 1 aromatic carbocycles. The van der Waals surface area contributed by atoms with E-state index in [0.717, 1.165) is 68.7 Å². The van der Waals surface area contributed by atoms with Crippen LogP contribution in [0.15, 0.2) is 24.3 Å². The van der Waals surface area contributed by atoms with E-state index < -0.39 is 5.82 Å². The van der Waals surface area contributed by atoms with Gasteiger partial charge in [0.15, 0.2) is 0 Å². The van der Waals surface area contributed by atoms with Crippen LogP contribution in [0.1, 0.15) is 55.1 Å². The van der Waals surface area contributed by atoms with Gasteiger partial charge in [0.1, 0.15) is 17.5 Å². The molecule has 0 unspecified atom stereocenters. The number of anilines is 2. The molecule has 1 N–H and O–H groups in total. The number of amides is 1. The largest absolute Gasteiger partial charge is 0.356 e. The van der Waals surface area contributed by atoms with E-state index in [2.05, 4.69) is 22.0 Å². The van der Waals surface area contributed by atoms with Gasteiger partial charge in [-0.05, 0) is 70.0 Å². The molecule has 32 heavy (non-hydrogen) atoms. The highest BCUT2D eigenvalue weighted by Gasteiger charge is 2.31. The lowest BCUT2D eigenvalue weighted by Gasteiger charge is -2.34. The van der Waals surface area contributed by atoms with Gasteiger partial charge in [-0.25, -0.2) is 14.4 Å². The number of likely N-dealkylation sites (tertiary alicyclic amines) is 1. The Bertz CT molecular complexity index is 992. The first kappa shape index (κ1) is 21.3. The number of piperidine rings is 1. The van der Waals surface area contributed by atoms with Gasteiger partial charge in [-0.3, -0.25) is 9.69 Å². The SMILES string of the molecule is Cc1nc([C@H]2CCCN(CC(=O)Nc3ccccc3F)C2)nc2c1CCCN2CC1CC1. The van der Waals surface area contributed by atoms with Crippen molar-refractivity contribution in [3.63, 3.8) is 0 Å². The molecule has 7 heteroatoms. The molecule has 6 nitrogen and oxygen atoms in total. The molecule has 0 spiro atoms. The Morgan fingerprint density at radius 2 is 2.00 bits per heavy atom. The summed E-state index contributed by atoms with van der Waals surface area (Å²) in [5, 5.41) is 2.70. The Kier molecular flexibility index (Phi) is 6.09. The molecule has 3 heterocycles. The second-order valence-corrected chi connectivity index (χ2v) is 9.56. The highest BCUT2D eigenvalue weighted by atomic mass is 19.1. The Balaban J connectivity index is 1.27. The van der Waals surface area contributed by atoms with E-state index in [4.69, 9.17) is 9.97 Å². The first-order valence-corrected chi connectivity index (χ1v) is 12.0. The van der Waals surface area contributed by atoms with Gasteiger partial charge in [0.05, 0.1) is 12.2 Å². The highest BCUT2D eigenvalue weighted by Crippen LogP contribution is 2.36. The molecule has 0 bridgehead atoms. The van der Waals surface area contributed by atoms with Gasteiger partial charge in [0.25, 0.3) is 0 Å². The maximum absolute atomic E-state index is 13.9. The van der Waals surface area contributed by atoms with E-state index in [9.17, 15) is 9.18 Å². The minimum Gasteiger partial charge on any atom is -0.356 e. The van der Waals surface area contributed by atoms with E-state index in [-0.39, 0.29) is 24.1 Å². The maximum atomic E-state index is 13.9. The van der Waals surface area contributed by atoms with Crippen molar-refractivity contribution in [1.82, 2.24) is 14.9 Å². The number of para-hydroxylation sites is 1. The average Bonchev–Trinajstić information content (AvgIpc) is 3.60. The van der Waals surface area contributed by atoms with Crippen LogP contribution >= 0.6 is 0 Å². The zero-order valence-electron chi connectivity index (χ0n) is 18.8. The van der Waals surface area contributed by atoms with Crippen LogP contribution in [0, 0.1) is 18.7 Å². The molecule has 1 aliphatic carbocycles. The molecule has 3 aliphatic rings. The lowest BCUT2D eigenvalue weighted by Crippen LogP contribution is -2.40. The molecular formula is C25H32FN5O. The number of carbonyl (C=O) groups is 1. The fourth-order valence-electron chi connectivity index (χ4n) is 5.05. The number of aryl methyl sites for hydroxylation is 1. The van der Waals surface area contributed by atoms with Crippen molar-refractivity contribution in [2.45, 2.75) is 51.4 Å². The Labute approximate surface area is 189 Å². The van der Waals surface area contributed by atoms with Crippen LogP contribution in [0.5, 0.6) is 0 Å². The Hall–Kier alpha value is -2.54. The van der Waals surface area contributed by atoms with Gasteiger partial charge >= 0.3 is 0 Å². The number of carbonyl (C=O) groups excluding carboxylic acids is 1. The van der Waals surface area contributed by atoms with Crippen LogP contribution in [0.25, 0.3) is 0 Å². The normalized spacial score (nSPS) is 21.3. The van der Waals surface area contributed by atoms with Crippen molar-refractivity contribution >= 4 is 17.4 Å². The van der Waals surface area contributed by atoms with E-state index in [0.29, 0.717) is 0 Å². The third kappa shape index (κ3) is 4.77. The molecule has 5 rings (SSSR count). The van der Waals surface area contributed by atoms with Crippen molar-refractivity contribution in [1.29, 1.82) is 0 Å². The molecule has 1 saturated heterocycles. The monoisotopic (exact) mass is 437 g/mol. The average molecular weight is 438 g/mol. The maximum Gasteiger partial charge on any atom is 0.238 e. The van der Waals surface area contributed by atoms with Crippen LogP contribution in [0.4, 0.5) is 15.9 Å². The van der Waals surface area contributed by atoms with Gasteiger partial charge < -0.3 is 10.2 Å². The van der Waals surface area contributed by atoms with Crippen LogP contribution in [-0.4, -0.2) is 53.5 Å². The Morgan fingerprint density at radius 3 is 2.81 bits per heavy atom. The second kappa shape index (κ2) is 9.14. The predicted octanol–water partition coefficient (Wildman–Crippen LogP) is 3.90. The number of hydrogen-bond donors (Lipinski definition) is 1. The molecule has 1 atom stereocenters. The molecule has 2 aliphatic heterocycles. The van der Waals surface area contributed by atoms with E-state index in [1.165, 1.54) is 30.9 Å². The van der Waals surface area contributed by atoms with Gasteiger partial charge in [0, 0.05) is 36.8 Å². The van der Waals surface area contributed by atoms with Crippen LogP contribution in [-0.2, 0) is 11.2 Å². The molecule has 1 amide bonds. The summed E-state index contributed by atoms with van der Waals surface area (Å²) in [5.41, 5.74) is 2.66. The quantitative estimate of drug-likeness (QED) is 0.743. The third-order valence-electron chi connectivity index (χ3n) is 6.93. The highest BCUT2D eigenvalue weighted by molar-refractivity contribution is 5.92. The van der Waals surface area contributed by atoms with Gasteiger partial charge in [-0.1, -0.05) is 12.1 Å². The summed E-state index contributed by atoms with van der Waals surface area (Å²) in [6, 6.07) is 6.28. The fraction of sp³-hybridized carbons (Fsp3) is 0.560. The summed E-state index contributed by atoms with van der Waals surface area (Å²) in [6.07, 6.45) is 6.97. The number of nitrogens with zero attached hydrogens (tertiary/aromatic N) is 4. The van der Waals surface area contributed by atoms with Crippen molar-refractivity contribution in [3.05, 3.63) is 47.2 Å². The zero-order valence-corrected chi connectivity index (χ0v) is 18.8. The lowest BCUT2D eigenvalue weighted by atomic mass is 9.96. The Morgan fingerprint density at radius 1 is 1.16 bits per heavy atom. The molecule has 170 valence electrons. The first-order valence-electron chi connectivity index (χ1n) is 12.0. The summed E-state index contributed by atoms with van der Waals surface area (Å²) in [5.74, 6) is 2.53. The van der Waals surface area contributed by atoms with Gasteiger partial charge in [0.2, 0.25) is 5.91 Å². The minimum atomic E-state index is -0.411. The zero-order chi connectivity index (χ0) is 22.1. The van der Waals surface area contributed by atoms with Crippen LogP contribution in [0.3, 0.4) is 0 Å². The standard InChI is InChI=1S/C25H32FN5O/c1-17-20-7-5-13-31(14-18-10-11-18)25(20)29-24(27-17)19-6-4-12-30(15-19)16-23(32)28-22-9-3-2-8-21(22)26/h2-3,8-9,18-19H,4-7,10-16H2,1H3,(H,28,32)/t19-/m0/s1. The fourth-order valence-corrected chi connectivity index (χ4v) is 5.05. The molecule has 1 aromatic heterocycles. The number of aromatic nitrogens is 2. The van der Waals surface area contributed by atoms with Crippen molar-refractivity contribution in [3.8, 4) is 0 Å². The minimum absolute atomic E-state index is 0.186. The number of fused-ring (bicyclic) bond motifs is 1.